The highest BCUT2D eigenvalue weighted by atomic mass is 19.4. The number of rotatable bonds is 1. The number of nitrogens with zero attached hydrogens (tertiary/aromatic N) is 1. The summed E-state index contributed by atoms with van der Waals surface area (Å²) in [7, 11) is 0. The van der Waals surface area contributed by atoms with Crippen molar-refractivity contribution in [2.24, 2.45) is 0 Å². The van der Waals surface area contributed by atoms with Crippen molar-refractivity contribution in [3.8, 4) is 0 Å². The van der Waals surface area contributed by atoms with Gasteiger partial charge in [0.25, 0.3) is 0 Å². The van der Waals surface area contributed by atoms with Gasteiger partial charge in [-0.2, -0.15) is 18.3 Å². The van der Waals surface area contributed by atoms with Gasteiger partial charge in [0.1, 0.15) is 0 Å². The van der Waals surface area contributed by atoms with Gasteiger partial charge < -0.3 is 5.73 Å². The molecular weight excluding hydrogens is 171 g/mol. The molecule has 1 rings (SSSR count). The quantitative estimate of drug-likeness (QED) is 0.687. The molecule has 0 aliphatic rings. The van der Waals surface area contributed by atoms with Gasteiger partial charge in [-0.15, -0.1) is 0 Å². The molecule has 0 aliphatic heterocycles. The number of aromatic nitrogens is 2. The molecule has 0 atom stereocenters. The Balaban J connectivity index is 3.11. The van der Waals surface area contributed by atoms with E-state index >= 15 is 0 Å². The van der Waals surface area contributed by atoms with E-state index in [2.05, 4.69) is 10.2 Å². The normalized spacial score (nSPS) is 12.0. The number of anilines is 1. The van der Waals surface area contributed by atoms with Gasteiger partial charge in [0.05, 0.1) is 11.4 Å². The zero-order valence-electron chi connectivity index (χ0n) is 6.37. The van der Waals surface area contributed by atoms with Crippen LogP contribution < -0.4 is 5.73 Å². The van der Waals surface area contributed by atoms with E-state index in [1.165, 1.54) is 0 Å². The average Bonchev–Trinajstić information content (AvgIpc) is 2.29. The first-order valence-corrected chi connectivity index (χ1v) is 3.36. The van der Waals surface area contributed by atoms with Crippen molar-refractivity contribution in [2.45, 2.75) is 19.5 Å². The van der Waals surface area contributed by atoms with Gasteiger partial charge in [-0.3, -0.25) is 5.10 Å². The minimum absolute atomic E-state index is 0.301. The molecule has 6 heteroatoms. The van der Waals surface area contributed by atoms with E-state index in [0.29, 0.717) is 12.1 Å². The number of nitrogen functional groups attached to an aromatic ring is 1. The molecular formula is C6H8F3N3. The second-order valence-electron chi connectivity index (χ2n) is 2.32. The van der Waals surface area contributed by atoms with Crippen LogP contribution in [0.2, 0.25) is 0 Å². The lowest BCUT2D eigenvalue weighted by Crippen LogP contribution is -2.08. The Morgan fingerprint density at radius 2 is 2.08 bits per heavy atom. The molecule has 0 saturated heterocycles. The highest BCUT2D eigenvalue weighted by Gasteiger charge is 2.36. The first kappa shape index (κ1) is 8.89. The second-order valence-corrected chi connectivity index (χ2v) is 2.32. The van der Waals surface area contributed by atoms with Crippen LogP contribution in [0.15, 0.2) is 0 Å². The molecule has 0 aliphatic carbocycles. The molecule has 0 fully saturated rings. The summed E-state index contributed by atoms with van der Waals surface area (Å²) < 4.78 is 36.1. The lowest BCUT2D eigenvalue weighted by atomic mass is 10.2. The summed E-state index contributed by atoms with van der Waals surface area (Å²) in [4.78, 5) is 0. The van der Waals surface area contributed by atoms with Crippen molar-refractivity contribution in [3.63, 3.8) is 0 Å². The van der Waals surface area contributed by atoms with E-state index in [9.17, 15) is 13.2 Å². The van der Waals surface area contributed by atoms with Crippen LogP contribution in [0.3, 0.4) is 0 Å². The van der Waals surface area contributed by atoms with E-state index in [0.717, 1.165) is 0 Å². The van der Waals surface area contributed by atoms with Crippen LogP contribution in [0.25, 0.3) is 0 Å². The van der Waals surface area contributed by atoms with Crippen LogP contribution in [0.1, 0.15) is 18.3 Å². The summed E-state index contributed by atoms with van der Waals surface area (Å²) >= 11 is 0. The number of aryl methyl sites for hydroxylation is 1. The first-order chi connectivity index (χ1) is 5.46. The average molecular weight is 179 g/mol. The lowest BCUT2D eigenvalue weighted by Gasteiger charge is -2.02. The van der Waals surface area contributed by atoms with Crippen molar-refractivity contribution >= 4 is 5.69 Å². The van der Waals surface area contributed by atoms with Gasteiger partial charge in [0.15, 0.2) is 5.69 Å². The Morgan fingerprint density at radius 3 is 2.33 bits per heavy atom. The molecule has 3 N–H and O–H groups in total. The van der Waals surface area contributed by atoms with E-state index < -0.39 is 11.9 Å². The number of nitrogens with one attached hydrogen (secondary N) is 1. The van der Waals surface area contributed by atoms with Crippen LogP contribution in [0.4, 0.5) is 18.9 Å². The summed E-state index contributed by atoms with van der Waals surface area (Å²) in [6, 6.07) is 0. The van der Waals surface area contributed by atoms with Gasteiger partial charge in [0.2, 0.25) is 0 Å². The molecule has 0 unspecified atom stereocenters. The number of hydrogen-bond donors (Lipinski definition) is 2. The summed E-state index contributed by atoms with van der Waals surface area (Å²) in [6.45, 7) is 1.70. The van der Waals surface area contributed by atoms with E-state index in [4.69, 9.17) is 5.73 Å². The van der Waals surface area contributed by atoms with Crippen molar-refractivity contribution in [3.05, 3.63) is 11.4 Å². The number of nitrogens with two attached hydrogens (primary N) is 1. The van der Waals surface area contributed by atoms with Gasteiger partial charge in [0, 0.05) is 0 Å². The topological polar surface area (TPSA) is 54.7 Å². The Hall–Kier alpha value is -1.20. The molecule has 0 spiro atoms. The molecule has 0 saturated carbocycles. The minimum atomic E-state index is -4.46. The summed E-state index contributed by atoms with van der Waals surface area (Å²) in [6.07, 6.45) is -4.05. The Bertz CT molecular complexity index is 276. The van der Waals surface area contributed by atoms with E-state index in [-0.39, 0.29) is 5.69 Å². The van der Waals surface area contributed by atoms with Gasteiger partial charge >= 0.3 is 6.18 Å². The predicted molar refractivity (Wildman–Crippen MR) is 37.4 cm³/mol. The molecule has 1 aromatic heterocycles. The molecule has 0 radical (unpaired) electrons. The van der Waals surface area contributed by atoms with Gasteiger partial charge in [-0.25, -0.2) is 0 Å². The maximum atomic E-state index is 12.0. The number of aromatic amines is 1. The van der Waals surface area contributed by atoms with Gasteiger partial charge in [-0.1, -0.05) is 6.92 Å². The predicted octanol–water partition coefficient (Wildman–Crippen LogP) is 1.57. The third kappa shape index (κ3) is 1.37. The van der Waals surface area contributed by atoms with Crippen molar-refractivity contribution in [2.75, 3.05) is 5.73 Å². The first-order valence-electron chi connectivity index (χ1n) is 3.36. The molecule has 3 nitrogen and oxygen atoms in total. The fraction of sp³-hybridized carbons (Fsp3) is 0.500. The van der Waals surface area contributed by atoms with Crippen LogP contribution in [0.5, 0.6) is 0 Å². The lowest BCUT2D eigenvalue weighted by molar-refractivity contribution is -0.140. The zero-order valence-corrected chi connectivity index (χ0v) is 6.37. The third-order valence-electron chi connectivity index (χ3n) is 1.50. The molecule has 12 heavy (non-hydrogen) atoms. The monoisotopic (exact) mass is 179 g/mol. The maximum absolute atomic E-state index is 12.0. The van der Waals surface area contributed by atoms with Crippen molar-refractivity contribution in [1.82, 2.24) is 10.2 Å². The summed E-state index contributed by atoms with van der Waals surface area (Å²) in [5.41, 5.74) is 4.18. The molecule has 68 valence electrons. The number of hydrogen-bond acceptors (Lipinski definition) is 2. The number of alkyl halides is 3. The highest BCUT2D eigenvalue weighted by molar-refractivity contribution is 5.48. The number of H-pyrrole nitrogens is 1. The largest absolute Gasteiger partial charge is 0.437 e. The molecule has 0 amide bonds. The van der Waals surface area contributed by atoms with E-state index in [1.54, 1.807) is 6.92 Å². The molecule has 0 aromatic carbocycles. The standard InChI is InChI=1S/C6H8F3N3/c1-2-3-4(10)5(12-11-3)6(7,8)9/h2,10H2,1H3,(H,11,12). The Kier molecular flexibility index (Phi) is 1.99. The highest BCUT2D eigenvalue weighted by Crippen LogP contribution is 2.32. The summed E-state index contributed by atoms with van der Waals surface area (Å²) in [5.74, 6) is 0. The third-order valence-corrected chi connectivity index (χ3v) is 1.50. The van der Waals surface area contributed by atoms with Crippen LogP contribution in [0, 0.1) is 0 Å². The number of halogens is 3. The zero-order chi connectivity index (χ0) is 9.35. The molecule has 1 heterocycles. The van der Waals surface area contributed by atoms with Crippen LogP contribution in [-0.2, 0) is 12.6 Å². The Morgan fingerprint density at radius 1 is 1.50 bits per heavy atom. The fourth-order valence-corrected chi connectivity index (χ4v) is 0.872. The van der Waals surface area contributed by atoms with E-state index in [1.807, 2.05) is 0 Å². The van der Waals surface area contributed by atoms with Crippen LogP contribution >= 0.6 is 0 Å². The van der Waals surface area contributed by atoms with Gasteiger partial charge in [-0.05, 0) is 6.42 Å². The molecule has 1 aromatic rings. The smallest absolute Gasteiger partial charge is 0.395 e. The van der Waals surface area contributed by atoms with Crippen molar-refractivity contribution in [1.29, 1.82) is 0 Å². The SMILES string of the molecule is CCc1[nH]nc(C(F)(F)F)c1N. The fourth-order valence-electron chi connectivity index (χ4n) is 0.872. The maximum Gasteiger partial charge on any atom is 0.437 e. The Labute approximate surface area is 66.8 Å². The summed E-state index contributed by atoms with van der Waals surface area (Å²) in [5, 5.41) is 5.32. The van der Waals surface area contributed by atoms with Crippen molar-refractivity contribution < 1.29 is 13.2 Å². The van der Waals surface area contributed by atoms with Crippen LogP contribution in [-0.4, -0.2) is 10.2 Å². The molecule has 0 bridgehead atoms. The minimum Gasteiger partial charge on any atom is -0.395 e. The second kappa shape index (κ2) is 2.69.